The van der Waals surface area contributed by atoms with E-state index in [0.29, 0.717) is 22.7 Å². The molecule has 0 bridgehead atoms. The Bertz CT molecular complexity index is 1470. The molecule has 7 aliphatic rings. The highest BCUT2D eigenvalue weighted by atomic mass is 14.3. The van der Waals surface area contributed by atoms with E-state index >= 15 is 0 Å². The average molecular weight is 1210 g/mol. The Morgan fingerprint density at radius 3 is 0.839 bits per heavy atom. The summed E-state index contributed by atoms with van der Waals surface area (Å²) in [4.78, 5) is 0. The molecule has 0 aromatic rings. The van der Waals surface area contributed by atoms with Gasteiger partial charge in [0.05, 0.1) is 0 Å². The maximum absolute atomic E-state index is 2.33. The predicted molar refractivity (Wildman–Crippen MR) is 419 cm³/mol. The number of hydrogen-bond acceptors (Lipinski definition) is 0. The molecule has 0 amide bonds. The van der Waals surface area contributed by atoms with Crippen molar-refractivity contribution < 1.29 is 0 Å². The summed E-state index contributed by atoms with van der Waals surface area (Å²) in [6, 6.07) is 0. The van der Waals surface area contributed by atoms with Crippen LogP contribution in [-0.2, 0) is 0 Å². The lowest BCUT2D eigenvalue weighted by Gasteiger charge is -2.27. The molecule has 0 aromatic carbocycles. The molecule has 0 aliphatic heterocycles. The minimum Gasteiger partial charge on any atom is -0.0808 e. The van der Waals surface area contributed by atoms with Crippen LogP contribution in [0.25, 0.3) is 0 Å². The second kappa shape index (κ2) is 88.8. The van der Waals surface area contributed by atoms with Crippen molar-refractivity contribution in [1.29, 1.82) is 0 Å². The molecule has 0 nitrogen and oxygen atoms in total. The molecule has 512 valence electrons. The first kappa shape index (κ1) is 102. The molecule has 87 heavy (non-hydrogen) atoms. The third-order valence-electron chi connectivity index (χ3n) is 14.1. The molecule has 0 fully saturated rings. The van der Waals surface area contributed by atoms with Crippen LogP contribution < -0.4 is 0 Å². The normalized spacial score (nSPS) is 14.1. The van der Waals surface area contributed by atoms with Gasteiger partial charge in [-0.05, 0) is 73.0 Å². The molecule has 7 aliphatic carbocycles. The maximum Gasteiger partial charge on any atom is 0.000389 e. The van der Waals surface area contributed by atoms with Crippen molar-refractivity contribution in [3.05, 3.63) is 170 Å². The largest absolute Gasteiger partial charge is 0.0808 e. The van der Waals surface area contributed by atoms with Crippen molar-refractivity contribution in [2.45, 2.75) is 347 Å². The first-order valence-corrected chi connectivity index (χ1v) is 36.5. The van der Waals surface area contributed by atoms with Crippen molar-refractivity contribution in [3.8, 4) is 0 Å². The Morgan fingerprint density at radius 2 is 0.609 bits per heavy atom. The fraction of sp³-hybridized carbons (Fsp3) is 0.678. The summed E-state index contributed by atoms with van der Waals surface area (Å²) in [5.41, 5.74) is 0.910. The lowest BCUT2D eigenvalue weighted by molar-refractivity contribution is 0.293. The van der Waals surface area contributed by atoms with Crippen molar-refractivity contribution in [3.63, 3.8) is 0 Å². The van der Waals surface area contributed by atoms with E-state index in [1.165, 1.54) is 148 Å². The topological polar surface area (TPSA) is 0 Å². The van der Waals surface area contributed by atoms with Crippen LogP contribution in [0, 0.1) is 40.4 Å². The molecule has 0 spiro atoms. The minimum absolute atomic E-state index is 0. The smallest absolute Gasteiger partial charge is 0.000389 e. The third kappa shape index (κ3) is 91.2. The molecule has 1 unspecified atom stereocenters. The fourth-order valence-electron chi connectivity index (χ4n) is 8.59. The first-order valence-electron chi connectivity index (χ1n) is 36.5. The number of allylic oxidation sites excluding steroid dienone is 28. The van der Waals surface area contributed by atoms with Crippen LogP contribution in [0.1, 0.15) is 347 Å². The Kier molecular flexibility index (Phi) is 104. The molecule has 0 saturated heterocycles. The van der Waals surface area contributed by atoms with Gasteiger partial charge in [0.1, 0.15) is 0 Å². The van der Waals surface area contributed by atoms with Gasteiger partial charge in [-0.3, -0.25) is 0 Å². The van der Waals surface area contributed by atoms with Crippen LogP contribution >= 0.6 is 0 Å². The molecule has 0 heterocycles. The SMILES string of the molecule is C.C.C1=CCC=C1.C1=CCC=C1.C1=CCC=C1.C1=CCC=C1.CC.CC.CC.CC.CC(C)(C)CC1C=CC=C1.CCC(C)(C)C1C=CC=C1.CCCCC(CC)CC1C=CC=C1.CCCCCC(C)C.CCCCCCCC.CCCCCCCC. The van der Waals surface area contributed by atoms with Gasteiger partial charge in [-0.1, -0.05) is 479 Å². The van der Waals surface area contributed by atoms with E-state index in [1.54, 1.807) is 0 Å². The summed E-state index contributed by atoms with van der Waals surface area (Å²) in [6.07, 6.45) is 96.6. The summed E-state index contributed by atoms with van der Waals surface area (Å²) >= 11 is 0. The predicted octanol–water partition coefficient (Wildman–Crippen LogP) is 32.0. The quantitative estimate of drug-likeness (QED) is 0.0895. The highest BCUT2D eigenvalue weighted by molar-refractivity contribution is 5.21. The zero-order valence-electron chi connectivity index (χ0n) is 62.1. The molecule has 0 radical (unpaired) electrons. The average Bonchev–Trinajstić information content (AvgIpc) is 4.46. The first-order chi connectivity index (χ1) is 41.2. The number of hydrogen-bond donors (Lipinski definition) is 0. The van der Waals surface area contributed by atoms with E-state index in [4.69, 9.17) is 0 Å². The molecule has 0 aromatic heterocycles. The summed E-state index contributed by atoms with van der Waals surface area (Å²) in [6.45, 7) is 50.2. The van der Waals surface area contributed by atoms with Crippen molar-refractivity contribution >= 4 is 0 Å². The van der Waals surface area contributed by atoms with E-state index in [-0.39, 0.29) is 14.9 Å². The van der Waals surface area contributed by atoms with Gasteiger partial charge in [-0.25, -0.2) is 0 Å². The van der Waals surface area contributed by atoms with Crippen LogP contribution in [0.2, 0.25) is 0 Å². The summed E-state index contributed by atoms with van der Waals surface area (Å²) in [7, 11) is 0. The van der Waals surface area contributed by atoms with Gasteiger partial charge in [-0.15, -0.1) is 0 Å². The molecule has 0 N–H and O–H groups in total. The summed E-state index contributed by atoms with van der Waals surface area (Å²) in [5, 5.41) is 0. The van der Waals surface area contributed by atoms with Crippen LogP contribution in [0.15, 0.2) is 170 Å². The molecule has 7 rings (SSSR count). The van der Waals surface area contributed by atoms with E-state index in [2.05, 4.69) is 274 Å². The fourth-order valence-corrected chi connectivity index (χ4v) is 8.59. The summed E-state index contributed by atoms with van der Waals surface area (Å²) < 4.78 is 0. The molecule has 0 heteroatoms. The van der Waals surface area contributed by atoms with Crippen molar-refractivity contribution in [2.75, 3.05) is 0 Å². The van der Waals surface area contributed by atoms with Gasteiger partial charge in [-0.2, -0.15) is 0 Å². The Hall–Kier alpha value is -3.64. The van der Waals surface area contributed by atoms with Gasteiger partial charge in [0, 0.05) is 5.92 Å². The van der Waals surface area contributed by atoms with Crippen molar-refractivity contribution in [2.24, 2.45) is 40.4 Å². The van der Waals surface area contributed by atoms with Gasteiger partial charge >= 0.3 is 0 Å². The highest BCUT2D eigenvalue weighted by Gasteiger charge is 2.24. The van der Waals surface area contributed by atoms with E-state index in [0.717, 1.165) is 43.4 Å². The maximum atomic E-state index is 2.33. The number of unbranched alkanes of at least 4 members (excludes halogenated alkanes) is 13. The Morgan fingerprint density at radius 1 is 0.333 bits per heavy atom. The number of rotatable bonds is 23. The monoisotopic (exact) mass is 1210 g/mol. The molecule has 1 atom stereocenters. The lowest BCUT2D eigenvalue weighted by atomic mass is 9.78. The minimum atomic E-state index is 0. The zero-order chi connectivity index (χ0) is 65.8. The third-order valence-corrected chi connectivity index (χ3v) is 14.1. The molecular formula is C87H164. The Labute approximate surface area is 555 Å². The standard InChI is InChI=1S/C13H22.2C10H16.3C8H18.4C5H6.4C2H6.2CH4/c1-3-5-8-12(4-2)11-13-9-6-7-10-13;1-10(2,3)8-9-6-4-5-7-9;1-4-10(2,3)9-7-5-6-8-9;1-4-5-6-7-8(2)3;2*1-3-5-7-8-6-4-2;4*1-2-4-5-3-1;4*1-2;;/h6-7,9-10,12-13H,3-5,8,11H2,1-2H3;4-7,9H,8H2,1-3H3;5-9H,4H2,1-3H3;8H,4-7H2,1-3H3;2*3-8H2,1-2H3;4*1-4H,5H2;4*1-2H3;2*1H4. The molecule has 0 saturated carbocycles. The van der Waals surface area contributed by atoms with Crippen LogP contribution in [0.3, 0.4) is 0 Å². The van der Waals surface area contributed by atoms with Crippen LogP contribution in [0.5, 0.6) is 0 Å². The zero-order valence-corrected chi connectivity index (χ0v) is 62.1. The summed E-state index contributed by atoms with van der Waals surface area (Å²) in [5.74, 6) is 3.94. The van der Waals surface area contributed by atoms with Crippen LogP contribution in [0.4, 0.5) is 0 Å². The van der Waals surface area contributed by atoms with E-state index in [9.17, 15) is 0 Å². The van der Waals surface area contributed by atoms with E-state index < -0.39 is 0 Å². The van der Waals surface area contributed by atoms with Gasteiger partial charge in [0.15, 0.2) is 0 Å². The van der Waals surface area contributed by atoms with Crippen molar-refractivity contribution in [1.82, 2.24) is 0 Å². The van der Waals surface area contributed by atoms with E-state index in [1.807, 2.05) is 55.4 Å². The second-order valence-electron chi connectivity index (χ2n) is 24.0. The Balaban J connectivity index is -0.000000111. The lowest BCUT2D eigenvalue weighted by Crippen LogP contribution is -2.18. The van der Waals surface area contributed by atoms with Gasteiger partial charge < -0.3 is 0 Å². The van der Waals surface area contributed by atoms with Gasteiger partial charge in [0.2, 0.25) is 0 Å². The highest BCUT2D eigenvalue weighted by Crippen LogP contribution is 2.34. The van der Waals surface area contributed by atoms with Crippen LogP contribution in [-0.4, -0.2) is 0 Å². The van der Waals surface area contributed by atoms with Gasteiger partial charge in [0.25, 0.3) is 0 Å². The second-order valence-corrected chi connectivity index (χ2v) is 24.0. The molecular weight excluding hydrogens is 1040 g/mol.